The minimum atomic E-state index is -0.643. The SMILES string of the molecule is CCOC(=O)C1=C(CN2CCN(C3CCCCC3)CC2)NC(=O)N[C@H]1c1ccccc1Cl. The monoisotopic (exact) mass is 460 g/mol. The van der Waals surface area contributed by atoms with Gasteiger partial charge in [0.05, 0.1) is 18.2 Å². The van der Waals surface area contributed by atoms with Gasteiger partial charge in [0.2, 0.25) is 0 Å². The Bertz CT molecular complexity index is 861. The summed E-state index contributed by atoms with van der Waals surface area (Å²) in [6.45, 7) is 6.41. The number of carbonyl (C=O) groups excluding carboxylic acids is 2. The van der Waals surface area contributed by atoms with E-state index in [4.69, 9.17) is 16.3 Å². The zero-order valence-electron chi connectivity index (χ0n) is 18.7. The van der Waals surface area contributed by atoms with E-state index >= 15 is 0 Å². The number of ether oxygens (including phenoxy) is 1. The molecule has 32 heavy (non-hydrogen) atoms. The Morgan fingerprint density at radius 2 is 1.84 bits per heavy atom. The average Bonchev–Trinajstić information content (AvgIpc) is 2.80. The number of nitrogens with one attached hydrogen (secondary N) is 2. The van der Waals surface area contributed by atoms with Gasteiger partial charge in [0, 0.05) is 49.5 Å². The second-order valence-electron chi connectivity index (χ2n) is 8.77. The molecule has 2 heterocycles. The van der Waals surface area contributed by atoms with Gasteiger partial charge in [0.15, 0.2) is 0 Å². The Morgan fingerprint density at radius 3 is 2.53 bits per heavy atom. The van der Waals surface area contributed by atoms with Gasteiger partial charge in [-0.3, -0.25) is 9.80 Å². The molecular weight excluding hydrogens is 428 g/mol. The van der Waals surface area contributed by atoms with Crippen LogP contribution in [-0.2, 0) is 9.53 Å². The van der Waals surface area contributed by atoms with Crippen LogP contribution < -0.4 is 10.6 Å². The standard InChI is InChI=1S/C24H33ClN4O3/c1-2-32-23(30)21-20(26-24(31)27-22(21)18-10-6-7-11-19(18)25)16-28-12-14-29(15-13-28)17-8-4-3-5-9-17/h6-7,10-11,17,22H,2-5,8-9,12-16H2,1H3,(H2,26,27,31)/t22-/m0/s1. The van der Waals surface area contributed by atoms with Crippen molar-refractivity contribution in [3.63, 3.8) is 0 Å². The lowest BCUT2D eigenvalue weighted by Crippen LogP contribution is -2.53. The summed E-state index contributed by atoms with van der Waals surface area (Å²) in [5.74, 6) is -0.430. The fraction of sp³-hybridized carbons (Fsp3) is 0.583. The highest BCUT2D eigenvalue weighted by Gasteiger charge is 2.36. The summed E-state index contributed by atoms with van der Waals surface area (Å²) in [7, 11) is 0. The molecule has 7 nitrogen and oxygen atoms in total. The van der Waals surface area contributed by atoms with Crippen LogP contribution in [0.4, 0.5) is 4.79 Å². The molecule has 1 aromatic rings. The predicted molar refractivity (Wildman–Crippen MR) is 124 cm³/mol. The fourth-order valence-electron chi connectivity index (χ4n) is 5.09. The third kappa shape index (κ3) is 5.27. The summed E-state index contributed by atoms with van der Waals surface area (Å²) in [5.41, 5.74) is 1.71. The maximum atomic E-state index is 13.0. The molecule has 2 N–H and O–H groups in total. The van der Waals surface area contributed by atoms with Crippen LogP contribution in [0, 0.1) is 0 Å². The Morgan fingerprint density at radius 1 is 1.12 bits per heavy atom. The number of benzene rings is 1. The normalized spacial score (nSPS) is 23.6. The summed E-state index contributed by atoms with van der Waals surface area (Å²) in [6.07, 6.45) is 6.65. The van der Waals surface area contributed by atoms with Crippen LogP contribution in [-0.4, -0.2) is 67.2 Å². The van der Waals surface area contributed by atoms with Gasteiger partial charge in [0.25, 0.3) is 0 Å². The number of urea groups is 1. The first kappa shape index (κ1) is 23.1. The van der Waals surface area contributed by atoms with E-state index in [0.717, 1.165) is 26.2 Å². The topological polar surface area (TPSA) is 73.9 Å². The number of amides is 2. The molecule has 1 aliphatic carbocycles. The molecule has 1 saturated heterocycles. The van der Waals surface area contributed by atoms with Gasteiger partial charge in [-0.05, 0) is 31.4 Å². The van der Waals surface area contributed by atoms with Crippen LogP contribution in [0.5, 0.6) is 0 Å². The first-order valence-electron chi connectivity index (χ1n) is 11.7. The first-order valence-corrected chi connectivity index (χ1v) is 12.1. The van der Waals surface area contributed by atoms with Crippen molar-refractivity contribution < 1.29 is 14.3 Å². The van der Waals surface area contributed by atoms with E-state index < -0.39 is 12.0 Å². The van der Waals surface area contributed by atoms with Crippen molar-refractivity contribution in [3.05, 3.63) is 46.1 Å². The van der Waals surface area contributed by atoms with E-state index in [0.29, 0.717) is 34.4 Å². The summed E-state index contributed by atoms with van der Waals surface area (Å²) >= 11 is 6.42. The highest BCUT2D eigenvalue weighted by Crippen LogP contribution is 2.32. The molecule has 3 aliphatic rings. The van der Waals surface area contributed by atoms with Crippen molar-refractivity contribution in [2.75, 3.05) is 39.3 Å². The van der Waals surface area contributed by atoms with E-state index in [1.54, 1.807) is 13.0 Å². The van der Waals surface area contributed by atoms with Crippen LogP contribution >= 0.6 is 11.6 Å². The van der Waals surface area contributed by atoms with Crippen LogP contribution in [0.2, 0.25) is 5.02 Å². The number of piperazine rings is 1. The minimum Gasteiger partial charge on any atom is -0.463 e. The highest BCUT2D eigenvalue weighted by molar-refractivity contribution is 6.31. The number of rotatable bonds is 6. The van der Waals surface area contributed by atoms with E-state index in [2.05, 4.69) is 20.4 Å². The number of esters is 1. The van der Waals surface area contributed by atoms with Crippen molar-refractivity contribution in [3.8, 4) is 0 Å². The Balaban J connectivity index is 1.53. The molecule has 0 aromatic heterocycles. The number of nitrogens with zero attached hydrogens (tertiary/aromatic N) is 2. The van der Waals surface area contributed by atoms with Crippen LogP contribution in [0.3, 0.4) is 0 Å². The summed E-state index contributed by atoms with van der Waals surface area (Å²) < 4.78 is 5.37. The lowest BCUT2D eigenvalue weighted by molar-refractivity contribution is -0.139. The van der Waals surface area contributed by atoms with Crippen LogP contribution in [0.25, 0.3) is 0 Å². The zero-order valence-corrected chi connectivity index (χ0v) is 19.5. The van der Waals surface area contributed by atoms with Crippen LogP contribution in [0.1, 0.15) is 50.6 Å². The lowest BCUT2D eigenvalue weighted by atomic mass is 9.93. The lowest BCUT2D eigenvalue weighted by Gasteiger charge is -2.41. The second kappa shape index (κ2) is 10.7. The van der Waals surface area contributed by atoms with Crippen molar-refractivity contribution in [2.24, 2.45) is 0 Å². The minimum absolute atomic E-state index is 0.263. The molecule has 2 amide bonds. The molecule has 0 radical (unpaired) electrons. The smallest absolute Gasteiger partial charge is 0.338 e. The van der Waals surface area contributed by atoms with E-state index in [1.165, 1.54) is 32.1 Å². The Hall–Kier alpha value is -2.09. The molecule has 1 atom stereocenters. The highest BCUT2D eigenvalue weighted by atomic mass is 35.5. The van der Waals surface area contributed by atoms with Gasteiger partial charge in [0.1, 0.15) is 0 Å². The van der Waals surface area contributed by atoms with Crippen molar-refractivity contribution in [2.45, 2.75) is 51.1 Å². The molecule has 0 bridgehead atoms. The van der Waals surface area contributed by atoms with Crippen molar-refractivity contribution >= 4 is 23.6 Å². The van der Waals surface area contributed by atoms with Crippen molar-refractivity contribution in [1.82, 2.24) is 20.4 Å². The van der Waals surface area contributed by atoms with Gasteiger partial charge in [-0.1, -0.05) is 49.1 Å². The number of hydrogen-bond acceptors (Lipinski definition) is 5. The molecule has 0 unspecified atom stereocenters. The molecule has 174 valence electrons. The zero-order chi connectivity index (χ0) is 22.5. The number of halogens is 1. The molecule has 8 heteroatoms. The molecule has 1 aromatic carbocycles. The van der Waals surface area contributed by atoms with Gasteiger partial charge >= 0.3 is 12.0 Å². The Labute approximate surface area is 195 Å². The molecule has 2 aliphatic heterocycles. The fourth-order valence-corrected chi connectivity index (χ4v) is 5.34. The van der Waals surface area contributed by atoms with Gasteiger partial charge in [-0.25, -0.2) is 9.59 Å². The summed E-state index contributed by atoms with van der Waals surface area (Å²) in [6, 6.07) is 7.01. The third-order valence-corrected chi connectivity index (χ3v) is 7.09. The Kier molecular flexibility index (Phi) is 7.71. The number of carbonyl (C=O) groups is 2. The van der Waals surface area contributed by atoms with Crippen molar-refractivity contribution in [1.29, 1.82) is 0 Å². The molecule has 2 fully saturated rings. The quantitative estimate of drug-likeness (QED) is 0.636. The van der Waals surface area contributed by atoms with E-state index in [9.17, 15) is 9.59 Å². The van der Waals surface area contributed by atoms with E-state index in [1.807, 2.05) is 18.2 Å². The van der Waals surface area contributed by atoms with Gasteiger partial charge in [-0.15, -0.1) is 0 Å². The second-order valence-corrected chi connectivity index (χ2v) is 9.18. The summed E-state index contributed by atoms with van der Waals surface area (Å²) in [5, 5.41) is 6.24. The average molecular weight is 461 g/mol. The maximum Gasteiger partial charge on any atom is 0.338 e. The number of hydrogen-bond donors (Lipinski definition) is 2. The molecule has 0 spiro atoms. The first-order chi connectivity index (χ1) is 15.6. The van der Waals surface area contributed by atoms with Gasteiger partial charge in [-0.2, -0.15) is 0 Å². The largest absolute Gasteiger partial charge is 0.463 e. The van der Waals surface area contributed by atoms with Crippen LogP contribution in [0.15, 0.2) is 35.5 Å². The van der Waals surface area contributed by atoms with Gasteiger partial charge < -0.3 is 15.4 Å². The molecule has 4 rings (SSSR count). The maximum absolute atomic E-state index is 13.0. The predicted octanol–water partition coefficient (Wildman–Crippen LogP) is 3.46. The summed E-state index contributed by atoms with van der Waals surface area (Å²) in [4.78, 5) is 30.4. The van der Waals surface area contributed by atoms with E-state index in [-0.39, 0.29) is 12.6 Å². The molecular formula is C24H33ClN4O3. The molecule has 1 saturated carbocycles. The third-order valence-electron chi connectivity index (χ3n) is 6.74.